The molecule has 0 saturated carbocycles. The van der Waals surface area contributed by atoms with E-state index in [9.17, 15) is 0 Å². The maximum Gasteiger partial charge on any atom is 0.0865 e. The predicted molar refractivity (Wildman–Crippen MR) is 47.4 cm³/mol. The number of rotatable bonds is 4. The highest BCUT2D eigenvalue weighted by Gasteiger charge is 2.15. The Hall–Kier alpha value is -0.660. The molecule has 2 atom stereocenters. The van der Waals surface area contributed by atoms with Crippen LogP contribution in [-0.2, 0) is 0 Å². The SMILES string of the molecule is CCC(C(C)N=C=N)N(C)C. The first-order valence-electron chi connectivity index (χ1n) is 3.91. The standard InChI is InChI=1S/C8H17N3/c1-5-8(11(3)4)7(2)10-6-9/h7-9H,5H2,1-4H3. The monoisotopic (exact) mass is 155 g/mol. The van der Waals surface area contributed by atoms with E-state index in [0.717, 1.165) is 6.42 Å². The first kappa shape index (κ1) is 10.3. The molecule has 0 fully saturated rings. The molecule has 3 nitrogen and oxygen atoms in total. The van der Waals surface area contributed by atoms with E-state index in [1.807, 2.05) is 21.0 Å². The molecular weight excluding hydrogens is 138 g/mol. The van der Waals surface area contributed by atoms with Gasteiger partial charge in [0.1, 0.15) is 0 Å². The minimum absolute atomic E-state index is 0.174. The zero-order valence-electron chi connectivity index (χ0n) is 7.76. The summed E-state index contributed by atoms with van der Waals surface area (Å²) in [7, 11) is 4.06. The summed E-state index contributed by atoms with van der Waals surface area (Å²) in [6.07, 6.45) is 1.05. The van der Waals surface area contributed by atoms with Gasteiger partial charge in [0, 0.05) is 6.04 Å². The third-order valence-electron chi connectivity index (χ3n) is 1.91. The summed E-state index contributed by atoms with van der Waals surface area (Å²) in [6, 6.07) is 2.68. The third-order valence-corrected chi connectivity index (χ3v) is 1.91. The van der Waals surface area contributed by atoms with Crippen LogP contribution in [0.5, 0.6) is 0 Å². The molecule has 0 aliphatic heterocycles. The largest absolute Gasteiger partial charge is 0.304 e. The summed E-state index contributed by atoms with van der Waals surface area (Å²) >= 11 is 0. The van der Waals surface area contributed by atoms with E-state index in [1.165, 1.54) is 0 Å². The number of nitrogens with one attached hydrogen (secondary N) is 1. The predicted octanol–water partition coefficient (Wildman–Crippen LogP) is 1.47. The Kier molecular flexibility index (Phi) is 4.75. The molecule has 1 N–H and O–H groups in total. The van der Waals surface area contributed by atoms with E-state index in [1.54, 1.807) is 0 Å². The van der Waals surface area contributed by atoms with Gasteiger partial charge in [0.15, 0.2) is 0 Å². The molecule has 3 heteroatoms. The fourth-order valence-electron chi connectivity index (χ4n) is 1.33. The van der Waals surface area contributed by atoms with Gasteiger partial charge in [0.05, 0.1) is 12.1 Å². The fraction of sp³-hybridized carbons (Fsp3) is 0.875. The molecule has 0 aromatic heterocycles. The highest BCUT2D eigenvalue weighted by molar-refractivity contribution is 5.36. The molecular formula is C8H17N3. The van der Waals surface area contributed by atoms with E-state index in [4.69, 9.17) is 5.41 Å². The van der Waals surface area contributed by atoms with Crippen molar-refractivity contribution in [3.63, 3.8) is 0 Å². The highest BCUT2D eigenvalue weighted by atomic mass is 15.1. The van der Waals surface area contributed by atoms with Gasteiger partial charge >= 0.3 is 0 Å². The molecule has 0 aromatic rings. The van der Waals surface area contributed by atoms with Crippen molar-refractivity contribution in [3.05, 3.63) is 0 Å². The lowest BCUT2D eigenvalue weighted by Crippen LogP contribution is -2.35. The molecule has 0 aromatic carbocycles. The van der Waals surface area contributed by atoms with Gasteiger partial charge < -0.3 is 4.90 Å². The van der Waals surface area contributed by atoms with Crippen molar-refractivity contribution in [1.29, 1.82) is 5.41 Å². The van der Waals surface area contributed by atoms with Crippen LogP contribution in [0, 0.1) is 5.41 Å². The molecule has 0 spiro atoms. The van der Waals surface area contributed by atoms with Crippen LogP contribution in [0.25, 0.3) is 0 Å². The summed E-state index contributed by atoms with van der Waals surface area (Å²) in [4.78, 5) is 6.02. The Morgan fingerprint density at radius 3 is 2.36 bits per heavy atom. The van der Waals surface area contributed by atoms with Crippen LogP contribution in [0.4, 0.5) is 0 Å². The lowest BCUT2D eigenvalue weighted by molar-refractivity contribution is 0.256. The van der Waals surface area contributed by atoms with E-state index in [2.05, 4.69) is 22.8 Å². The molecule has 0 saturated heterocycles. The second kappa shape index (κ2) is 5.05. The van der Waals surface area contributed by atoms with E-state index >= 15 is 0 Å². The number of likely N-dealkylation sites (N-methyl/N-ethyl adjacent to an activating group) is 1. The van der Waals surface area contributed by atoms with Crippen molar-refractivity contribution in [1.82, 2.24) is 4.90 Å². The van der Waals surface area contributed by atoms with Crippen LogP contribution in [0.3, 0.4) is 0 Å². The molecule has 0 aliphatic carbocycles. The topological polar surface area (TPSA) is 39.5 Å². The van der Waals surface area contributed by atoms with Crippen LogP contribution in [0.2, 0.25) is 0 Å². The van der Waals surface area contributed by atoms with Crippen molar-refractivity contribution in [2.45, 2.75) is 32.4 Å². The van der Waals surface area contributed by atoms with Gasteiger partial charge in [-0.25, -0.2) is 10.4 Å². The van der Waals surface area contributed by atoms with Crippen LogP contribution in [-0.4, -0.2) is 37.1 Å². The average Bonchev–Trinajstić information content (AvgIpc) is 1.88. The summed E-state index contributed by atoms with van der Waals surface area (Å²) in [5.74, 6) is 0. The molecule has 0 bridgehead atoms. The average molecular weight is 155 g/mol. The van der Waals surface area contributed by atoms with Crippen LogP contribution < -0.4 is 0 Å². The maximum atomic E-state index is 6.71. The molecule has 0 amide bonds. The quantitative estimate of drug-likeness (QED) is 0.613. The highest BCUT2D eigenvalue weighted by Crippen LogP contribution is 2.07. The lowest BCUT2D eigenvalue weighted by atomic mass is 10.1. The van der Waals surface area contributed by atoms with Crippen LogP contribution in [0.1, 0.15) is 20.3 Å². The molecule has 2 unspecified atom stereocenters. The van der Waals surface area contributed by atoms with E-state index in [0.29, 0.717) is 6.04 Å². The van der Waals surface area contributed by atoms with Gasteiger partial charge in [0.25, 0.3) is 0 Å². The number of hydrogen-bond donors (Lipinski definition) is 1. The molecule has 0 radical (unpaired) electrons. The number of hydrogen-bond acceptors (Lipinski definition) is 3. The van der Waals surface area contributed by atoms with Gasteiger partial charge in [0.2, 0.25) is 0 Å². The van der Waals surface area contributed by atoms with Crippen molar-refractivity contribution < 1.29 is 0 Å². The Labute approximate surface area is 68.6 Å². The molecule has 0 rings (SSSR count). The number of nitrogens with zero attached hydrogens (tertiary/aromatic N) is 2. The summed E-state index contributed by atoms with van der Waals surface area (Å²) < 4.78 is 0. The van der Waals surface area contributed by atoms with Gasteiger partial charge in [-0.05, 0) is 27.4 Å². The van der Waals surface area contributed by atoms with Gasteiger partial charge in [-0.15, -0.1) is 0 Å². The lowest BCUT2D eigenvalue weighted by Gasteiger charge is -2.25. The Bertz CT molecular complexity index is 147. The second-order valence-electron chi connectivity index (χ2n) is 2.92. The van der Waals surface area contributed by atoms with Crippen molar-refractivity contribution in [2.24, 2.45) is 4.99 Å². The fourth-order valence-corrected chi connectivity index (χ4v) is 1.33. The van der Waals surface area contributed by atoms with Gasteiger partial charge in [-0.3, -0.25) is 0 Å². The Balaban J connectivity index is 4.12. The van der Waals surface area contributed by atoms with Crippen molar-refractivity contribution in [3.8, 4) is 0 Å². The van der Waals surface area contributed by atoms with E-state index in [-0.39, 0.29) is 6.04 Å². The first-order valence-corrected chi connectivity index (χ1v) is 3.91. The zero-order chi connectivity index (χ0) is 8.85. The second-order valence-corrected chi connectivity index (χ2v) is 2.92. The Morgan fingerprint density at radius 1 is 1.55 bits per heavy atom. The molecule has 0 aliphatic rings. The third kappa shape index (κ3) is 3.30. The van der Waals surface area contributed by atoms with Crippen molar-refractivity contribution in [2.75, 3.05) is 14.1 Å². The molecule has 0 heterocycles. The van der Waals surface area contributed by atoms with Crippen molar-refractivity contribution >= 4 is 6.01 Å². The van der Waals surface area contributed by atoms with Crippen LogP contribution in [0.15, 0.2) is 4.99 Å². The summed E-state index contributed by atoms with van der Waals surface area (Å²) in [5, 5.41) is 6.71. The van der Waals surface area contributed by atoms with Gasteiger partial charge in [-0.2, -0.15) is 0 Å². The summed E-state index contributed by atoms with van der Waals surface area (Å²) in [6.45, 7) is 4.14. The van der Waals surface area contributed by atoms with Crippen LogP contribution >= 0.6 is 0 Å². The molecule has 11 heavy (non-hydrogen) atoms. The first-order chi connectivity index (χ1) is 5.13. The summed E-state index contributed by atoms with van der Waals surface area (Å²) in [5.41, 5.74) is 0. The smallest absolute Gasteiger partial charge is 0.0865 e. The Morgan fingerprint density at radius 2 is 2.09 bits per heavy atom. The number of aliphatic imine (C=N–C) groups is 1. The van der Waals surface area contributed by atoms with E-state index < -0.39 is 0 Å². The minimum Gasteiger partial charge on any atom is -0.304 e. The van der Waals surface area contributed by atoms with Gasteiger partial charge in [-0.1, -0.05) is 6.92 Å². The minimum atomic E-state index is 0.174. The normalized spacial score (nSPS) is 15.7. The maximum absolute atomic E-state index is 6.71. The molecule has 64 valence electrons. The zero-order valence-corrected chi connectivity index (χ0v) is 7.76.